The largest absolute Gasteiger partial charge is 0.378 e. The van der Waals surface area contributed by atoms with Gasteiger partial charge in [-0.3, -0.25) is 14.9 Å². The van der Waals surface area contributed by atoms with Gasteiger partial charge in [0.25, 0.3) is 11.6 Å². The number of rotatable bonds is 7. The SMILES string of the molecule is CN(C)[C@H](CNC(=O)c1ccc(N2CCOCC2)c([N+](=O)[O-])c1)c1c(F)cccc1Cl. The Labute approximate surface area is 184 Å². The minimum atomic E-state index is -0.514. The molecule has 1 N–H and O–H groups in total. The van der Waals surface area contributed by atoms with Crippen molar-refractivity contribution in [2.24, 2.45) is 0 Å². The van der Waals surface area contributed by atoms with E-state index in [0.717, 1.165) is 0 Å². The fourth-order valence-electron chi connectivity index (χ4n) is 3.55. The van der Waals surface area contributed by atoms with E-state index in [1.165, 1.54) is 18.2 Å². The summed E-state index contributed by atoms with van der Waals surface area (Å²) in [4.78, 5) is 27.4. The van der Waals surface area contributed by atoms with E-state index in [1.807, 2.05) is 4.90 Å². The Morgan fingerprint density at radius 2 is 2.03 bits per heavy atom. The molecule has 0 unspecified atom stereocenters. The molecule has 0 aromatic heterocycles. The van der Waals surface area contributed by atoms with Gasteiger partial charge >= 0.3 is 0 Å². The van der Waals surface area contributed by atoms with E-state index in [4.69, 9.17) is 16.3 Å². The molecule has 0 spiro atoms. The second-order valence-corrected chi connectivity index (χ2v) is 7.79. The number of nitrogens with zero attached hydrogens (tertiary/aromatic N) is 3. The van der Waals surface area contributed by atoms with Gasteiger partial charge in [-0.2, -0.15) is 0 Å². The third-order valence-electron chi connectivity index (χ3n) is 5.20. The number of nitro benzene ring substituents is 1. The van der Waals surface area contributed by atoms with Crippen molar-refractivity contribution >= 4 is 28.9 Å². The van der Waals surface area contributed by atoms with E-state index in [1.54, 1.807) is 37.2 Å². The molecular weight excluding hydrogens is 427 g/mol. The molecule has 1 amide bonds. The summed E-state index contributed by atoms with van der Waals surface area (Å²) in [5, 5.41) is 14.6. The number of nitrogens with one attached hydrogen (secondary N) is 1. The van der Waals surface area contributed by atoms with Crippen LogP contribution in [0.2, 0.25) is 5.02 Å². The highest BCUT2D eigenvalue weighted by atomic mass is 35.5. The summed E-state index contributed by atoms with van der Waals surface area (Å²) >= 11 is 6.18. The van der Waals surface area contributed by atoms with Gasteiger partial charge < -0.3 is 19.9 Å². The van der Waals surface area contributed by atoms with Gasteiger partial charge in [-0.05, 0) is 38.4 Å². The Hall–Kier alpha value is -2.75. The lowest BCUT2D eigenvalue weighted by atomic mass is 10.0. The predicted molar refractivity (Wildman–Crippen MR) is 116 cm³/mol. The monoisotopic (exact) mass is 450 g/mol. The van der Waals surface area contributed by atoms with Crippen molar-refractivity contribution in [3.8, 4) is 0 Å². The van der Waals surface area contributed by atoms with Crippen molar-refractivity contribution in [3.05, 3.63) is 68.5 Å². The molecule has 1 fully saturated rings. The quantitative estimate of drug-likeness (QED) is 0.514. The maximum absolute atomic E-state index is 14.4. The van der Waals surface area contributed by atoms with Crippen molar-refractivity contribution in [2.45, 2.75) is 6.04 Å². The Kier molecular flexibility index (Phi) is 7.42. The first-order valence-electron chi connectivity index (χ1n) is 9.79. The van der Waals surface area contributed by atoms with Gasteiger partial charge in [0, 0.05) is 41.9 Å². The number of nitro groups is 1. The standard InChI is InChI=1S/C21H24ClFN4O4/c1-25(2)19(20-15(22)4-3-5-16(20)23)13-24-21(28)14-6-7-17(18(12-14)27(29)30)26-8-10-31-11-9-26/h3-7,12,19H,8-11,13H2,1-2H3,(H,24,28)/t19-/m1/s1. The summed E-state index contributed by atoms with van der Waals surface area (Å²) in [5.41, 5.74) is 0.744. The smallest absolute Gasteiger partial charge is 0.293 e. The van der Waals surface area contributed by atoms with Crippen LogP contribution < -0.4 is 10.2 Å². The maximum atomic E-state index is 14.4. The molecule has 31 heavy (non-hydrogen) atoms. The molecule has 0 saturated carbocycles. The van der Waals surface area contributed by atoms with Crippen molar-refractivity contribution < 1.29 is 18.8 Å². The van der Waals surface area contributed by atoms with Gasteiger partial charge in [-0.15, -0.1) is 0 Å². The minimum absolute atomic E-state index is 0.0749. The summed E-state index contributed by atoms with van der Waals surface area (Å²) in [5.74, 6) is -0.957. The molecule has 0 bridgehead atoms. The fraction of sp³-hybridized carbons (Fsp3) is 0.381. The molecule has 0 radical (unpaired) electrons. The van der Waals surface area contributed by atoms with Crippen LogP contribution in [0.25, 0.3) is 0 Å². The Balaban J connectivity index is 1.79. The molecule has 1 heterocycles. The van der Waals surface area contributed by atoms with Crippen LogP contribution in [0.1, 0.15) is 22.0 Å². The van der Waals surface area contributed by atoms with Crippen LogP contribution in [0.3, 0.4) is 0 Å². The van der Waals surface area contributed by atoms with E-state index in [0.29, 0.717) is 32.0 Å². The molecule has 2 aromatic rings. The second-order valence-electron chi connectivity index (χ2n) is 7.38. The van der Waals surface area contributed by atoms with Gasteiger partial charge in [0.2, 0.25) is 0 Å². The average Bonchev–Trinajstić information content (AvgIpc) is 2.75. The van der Waals surface area contributed by atoms with E-state index < -0.39 is 22.7 Å². The van der Waals surface area contributed by atoms with Crippen LogP contribution in [-0.4, -0.2) is 62.7 Å². The lowest BCUT2D eigenvalue weighted by Crippen LogP contribution is -2.37. The predicted octanol–water partition coefficient (Wildman–Crippen LogP) is 3.26. The zero-order chi connectivity index (χ0) is 22.5. The molecule has 0 aliphatic carbocycles. The number of anilines is 1. The Bertz CT molecular complexity index is 946. The molecular formula is C21H24ClFN4O4. The molecule has 1 aliphatic heterocycles. The Morgan fingerprint density at radius 1 is 1.32 bits per heavy atom. The van der Waals surface area contributed by atoms with Crippen molar-refractivity contribution in [1.29, 1.82) is 0 Å². The lowest BCUT2D eigenvalue weighted by Gasteiger charge is -2.28. The highest BCUT2D eigenvalue weighted by Gasteiger charge is 2.25. The number of carbonyl (C=O) groups is 1. The molecule has 2 aromatic carbocycles. The van der Waals surface area contributed by atoms with Gasteiger partial charge in [0.15, 0.2) is 0 Å². The number of benzene rings is 2. The van der Waals surface area contributed by atoms with E-state index >= 15 is 0 Å². The van der Waals surface area contributed by atoms with Gasteiger partial charge in [0.05, 0.1) is 24.2 Å². The molecule has 1 saturated heterocycles. The zero-order valence-electron chi connectivity index (χ0n) is 17.3. The first kappa shape index (κ1) is 22.9. The van der Waals surface area contributed by atoms with Crippen LogP contribution in [0.15, 0.2) is 36.4 Å². The summed E-state index contributed by atoms with van der Waals surface area (Å²) in [6.07, 6.45) is 0. The molecule has 1 aliphatic rings. The lowest BCUT2D eigenvalue weighted by molar-refractivity contribution is -0.384. The number of halogens is 2. The number of likely N-dealkylation sites (N-methyl/N-ethyl adjacent to an activating group) is 1. The highest BCUT2D eigenvalue weighted by Crippen LogP contribution is 2.31. The van der Waals surface area contributed by atoms with Gasteiger partial charge in [-0.25, -0.2) is 4.39 Å². The molecule has 1 atom stereocenters. The molecule has 10 heteroatoms. The normalized spacial score (nSPS) is 15.1. The van der Waals surface area contributed by atoms with Gasteiger partial charge in [-0.1, -0.05) is 17.7 Å². The second kappa shape index (κ2) is 10.0. The van der Waals surface area contributed by atoms with Crippen molar-refractivity contribution in [1.82, 2.24) is 10.2 Å². The minimum Gasteiger partial charge on any atom is -0.378 e. The summed E-state index contributed by atoms with van der Waals surface area (Å²) in [6, 6.07) is 8.30. The average molecular weight is 451 g/mol. The summed E-state index contributed by atoms with van der Waals surface area (Å²) in [6.45, 7) is 2.14. The topological polar surface area (TPSA) is 88.0 Å². The van der Waals surface area contributed by atoms with Crippen LogP contribution in [0, 0.1) is 15.9 Å². The summed E-state index contributed by atoms with van der Waals surface area (Å²) in [7, 11) is 3.50. The fourth-order valence-corrected chi connectivity index (χ4v) is 3.83. The third kappa shape index (κ3) is 5.30. The summed E-state index contributed by atoms with van der Waals surface area (Å²) < 4.78 is 19.7. The number of amides is 1. The highest BCUT2D eigenvalue weighted by molar-refractivity contribution is 6.31. The number of morpholine rings is 1. The van der Waals surface area contributed by atoms with Crippen LogP contribution >= 0.6 is 11.6 Å². The Morgan fingerprint density at radius 3 is 2.65 bits per heavy atom. The zero-order valence-corrected chi connectivity index (χ0v) is 18.1. The van der Waals surface area contributed by atoms with Crippen LogP contribution in [0.4, 0.5) is 15.8 Å². The number of hydrogen-bond donors (Lipinski definition) is 1. The van der Waals surface area contributed by atoms with Crippen molar-refractivity contribution in [3.63, 3.8) is 0 Å². The van der Waals surface area contributed by atoms with E-state index in [2.05, 4.69) is 5.32 Å². The molecule has 166 valence electrons. The van der Waals surface area contributed by atoms with Crippen LogP contribution in [-0.2, 0) is 4.74 Å². The number of carbonyl (C=O) groups excluding carboxylic acids is 1. The molecule has 8 nitrogen and oxygen atoms in total. The van der Waals surface area contributed by atoms with E-state index in [-0.39, 0.29) is 28.4 Å². The van der Waals surface area contributed by atoms with Gasteiger partial charge in [0.1, 0.15) is 11.5 Å². The van der Waals surface area contributed by atoms with Crippen LogP contribution in [0.5, 0.6) is 0 Å². The van der Waals surface area contributed by atoms with E-state index in [9.17, 15) is 19.3 Å². The first-order valence-corrected chi connectivity index (χ1v) is 10.2. The first-order chi connectivity index (χ1) is 14.8. The number of hydrogen-bond acceptors (Lipinski definition) is 6. The molecule has 3 rings (SSSR count). The van der Waals surface area contributed by atoms with Crippen molar-refractivity contribution in [2.75, 3.05) is 51.8 Å². The maximum Gasteiger partial charge on any atom is 0.293 e. The number of ether oxygens (including phenoxy) is 1. The third-order valence-corrected chi connectivity index (χ3v) is 5.53.